The Hall–Kier alpha value is -0.750. The quantitative estimate of drug-likeness (QED) is 0.774. The second-order valence-corrected chi connectivity index (χ2v) is 5.73. The van der Waals surface area contributed by atoms with Crippen molar-refractivity contribution in [3.63, 3.8) is 0 Å². The molecule has 2 saturated heterocycles. The van der Waals surface area contributed by atoms with Gasteiger partial charge in [-0.05, 0) is 6.42 Å². The van der Waals surface area contributed by atoms with E-state index in [1.165, 1.54) is 0 Å². The smallest absolute Gasteiger partial charge is 0.323 e. The zero-order valence-corrected chi connectivity index (χ0v) is 10.4. The van der Waals surface area contributed by atoms with Crippen LogP contribution in [0, 0.1) is 5.41 Å². The molecule has 0 bridgehead atoms. The fraction of sp³-hybridized carbons (Fsp3) is 0.800. The van der Waals surface area contributed by atoms with E-state index in [4.69, 9.17) is 10.1 Å². The molecule has 2 aliphatic rings. The standard InChI is InChI=1S/C10H17N3O2S/c1-7-5-10(6-16-7)8(11)12-9(14)13(10)3-4-15-2/h7H,3-6H2,1-2H3,(H2,11,12,14). The molecule has 0 radical (unpaired) electrons. The number of carbonyl (C=O) groups is 1. The Morgan fingerprint density at radius 1 is 1.75 bits per heavy atom. The van der Waals surface area contributed by atoms with Crippen LogP contribution >= 0.6 is 11.8 Å². The Kier molecular flexibility index (Phi) is 3.12. The maximum absolute atomic E-state index is 11.8. The number of urea groups is 1. The first kappa shape index (κ1) is 11.7. The summed E-state index contributed by atoms with van der Waals surface area (Å²) in [7, 11) is 1.62. The highest BCUT2D eigenvalue weighted by atomic mass is 32.2. The maximum Gasteiger partial charge on any atom is 0.323 e. The van der Waals surface area contributed by atoms with E-state index in [1.54, 1.807) is 12.0 Å². The van der Waals surface area contributed by atoms with Crippen molar-refractivity contribution in [1.82, 2.24) is 10.2 Å². The van der Waals surface area contributed by atoms with Crippen LogP contribution in [0.5, 0.6) is 0 Å². The Morgan fingerprint density at radius 3 is 3.06 bits per heavy atom. The lowest BCUT2D eigenvalue weighted by Gasteiger charge is -2.32. The van der Waals surface area contributed by atoms with E-state index in [-0.39, 0.29) is 6.03 Å². The van der Waals surface area contributed by atoms with Gasteiger partial charge in [0, 0.05) is 24.7 Å². The number of nitrogens with one attached hydrogen (secondary N) is 2. The average Bonchev–Trinajstić information content (AvgIpc) is 2.71. The SMILES string of the molecule is COCCN1C(=O)NC(=N)C12CSC(C)C2. The van der Waals surface area contributed by atoms with E-state index >= 15 is 0 Å². The Bertz CT molecular complexity index is 323. The van der Waals surface area contributed by atoms with E-state index < -0.39 is 5.54 Å². The van der Waals surface area contributed by atoms with Gasteiger partial charge in [-0.25, -0.2) is 4.79 Å². The molecule has 5 nitrogen and oxygen atoms in total. The van der Waals surface area contributed by atoms with Crippen molar-refractivity contribution < 1.29 is 9.53 Å². The van der Waals surface area contributed by atoms with Crippen LogP contribution in [0.25, 0.3) is 0 Å². The summed E-state index contributed by atoms with van der Waals surface area (Å²) in [6, 6.07) is -0.156. The van der Waals surface area contributed by atoms with Crippen molar-refractivity contribution in [3.8, 4) is 0 Å². The van der Waals surface area contributed by atoms with Crippen LogP contribution in [0.3, 0.4) is 0 Å². The minimum atomic E-state index is -0.403. The molecule has 2 atom stereocenters. The van der Waals surface area contributed by atoms with Gasteiger partial charge in [0.25, 0.3) is 0 Å². The molecule has 2 amide bonds. The van der Waals surface area contributed by atoms with Crippen LogP contribution < -0.4 is 5.32 Å². The Morgan fingerprint density at radius 2 is 2.50 bits per heavy atom. The van der Waals surface area contributed by atoms with E-state index in [2.05, 4.69) is 12.2 Å². The number of carbonyl (C=O) groups excluding carboxylic acids is 1. The summed E-state index contributed by atoms with van der Waals surface area (Å²) < 4.78 is 5.02. The maximum atomic E-state index is 11.8. The summed E-state index contributed by atoms with van der Waals surface area (Å²) in [5, 5.41) is 11.1. The van der Waals surface area contributed by atoms with E-state index in [1.807, 2.05) is 11.8 Å². The highest BCUT2D eigenvalue weighted by Crippen LogP contribution is 2.41. The molecule has 2 unspecified atom stereocenters. The first-order valence-electron chi connectivity index (χ1n) is 5.38. The van der Waals surface area contributed by atoms with Crippen molar-refractivity contribution in [2.45, 2.75) is 24.1 Å². The molecule has 0 aromatic carbocycles. The van der Waals surface area contributed by atoms with Crippen LogP contribution in [0.4, 0.5) is 4.79 Å². The fourth-order valence-electron chi connectivity index (χ4n) is 2.35. The molecule has 0 aromatic heterocycles. The summed E-state index contributed by atoms with van der Waals surface area (Å²) in [4.78, 5) is 13.5. The summed E-state index contributed by atoms with van der Waals surface area (Å²) in [6.45, 7) is 3.21. The number of hydrogen-bond acceptors (Lipinski definition) is 4. The Balaban J connectivity index is 2.19. The third-order valence-corrected chi connectivity index (χ3v) is 4.59. The predicted molar refractivity (Wildman–Crippen MR) is 64.1 cm³/mol. The van der Waals surface area contributed by atoms with Gasteiger partial charge in [0.2, 0.25) is 0 Å². The topological polar surface area (TPSA) is 65.4 Å². The van der Waals surface area contributed by atoms with Gasteiger partial charge >= 0.3 is 6.03 Å². The first-order valence-corrected chi connectivity index (χ1v) is 6.43. The minimum Gasteiger partial charge on any atom is -0.383 e. The molecule has 0 saturated carbocycles. The van der Waals surface area contributed by atoms with Gasteiger partial charge in [-0.1, -0.05) is 6.92 Å². The van der Waals surface area contributed by atoms with Crippen molar-refractivity contribution in [2.24, 2.45) is 0 Å². The van der Waals surface area contributed by atoms with Crippen molar-refractivity contribution in [3.05, 3.63) is 0 Å². The zero-order chi connectivity index (χ0) is 11.8. The number of thioether (sulfide) groups is 1. The molecule has 16 heavy (non-hydrogen) atoms. The largest absolute Gasteiger partial charge is 0.383 e. The van der Waals surface area contributed by atoms with Crippen molar-refractivity contribution >= 4 is 23.6 Å². The number of rotatable bonds is 3. The second kappa shape index (κ2) is 4.25. The number of hydrogen-bond donors (Lipinski definition) is 2. The molecule has 6 heteroatoms. The fourth-order valence-corrected chi connectivity index (χ4v) is 3.73. The van der Waals surface area contributed by atoms with Gasteiger partial charge in [0.1, 0.15) is 11.4 Å². The molecule has 2 rings (SSSR count). The zero-order valence-electron chi connectivity index (χ0n) is 9.58. The monoisotopic (exact) mass is 243 g/mol. The summed E-state index contributed by atoms with van der Waals surface area (Å²) in [5.74, 6) is 1.17. The number of nitrogens with zero attached hydrogens (tertiary/aromatic N) is 1. The normalized spacial score (nSPS) is 33.9. The second-order valence-electron chi connectivity index (χ2n) is 4.31. The van der Waals surface area contributed by atoms with Crippen LogP contribution in [-0.2, 0) is 4.74 Å². The van der Waals surface area contributed by atoms with Gasteiger partial charge in [0.05, 0.1) is 6.61 Å². The molecule has 2 N–H and O–H groups in total. The van der Waals surface area contributed by atoms with Crippen LogP contribution in [-0.4, -0.2) is 53.6 Å². The first-order chi connectivity index (χ1) is 7.60. The summed E-state index contributed by atoms with van der Waals surface area (Å²) in [6.07, 6.45) is 0.860. The molecule has 2 fully saturated rings. The van der Waals surface area contributed by atoms with E-state index in [9.17, 15) is 4.79 Å². The molecule has 0 aliphatic carbocycles. The number of ether oxygens (including phenoxy) is 1. The summed E-state index contributed by atoms with van der Waals surface area (Å²) in [5.41, 5.74) is -0.403. The van der Waals surface area contributed by atoms with Crippen LogP contribution in [0.15, 0.2) is 0 Å². The molecule has 0 aromatic rings. The lowest BCUT2D eigenvalue weighted by atomic mass is 9.94. The highest BCUT2D eigenvalue weighted by Gasteiger charge is 2.53. The average molecular weight is 243 g/mol. The number of amides is 2. The molecular weight excluding hydrogens is 226 g/mol. The van der Waals surface area contributed by atoms with E-state index in [0.717, 1.165) is 12.2 Å². The van der Waals surface area contributed by atoms with Crippen molar-refractivity contribution in [1.29, 1.82) is 5.41 Å². The minimum absolute atomic E-state index is 0.156. The van der Waals surface area contributed by atoms with Crippen LogP contribution in [0.1, 0.15) is 13.3 Å². The van der Waals surface area contributed by atoms with Gasteiger partial charge in [-0.3, -0.25) is 10.7 Å². The van der Waals surface area contributed by atoms with Gasteiger partial charge < -0.3 is 9.64 Å². The van der Waals surface area contributed by atoms with E-state index in [0.29, 0.717) is 24.2 Å². The number of amidine groups is 1. The number of methoxy groups -OCH3 is 1. The predicted octanol–water partition coefficient (Wildman–Crippen LogP) is 0.899. The highest BCUT2D eigenvalue weighted by molar-refractivity contribution is 8.00. The van der Waals surface area contributed by atoms with Crippen molar-refractivity contribution in [2.75, 3.05) is 26.0 Å². The molecule has 2 aliphatic heterocycles. The van der Waals surface area contributed by atoms with Gasteiger partial charge in [-0.2, -0.15) is 11.8 Å². The molecule has 2 heterocycles. The van der Waals surface area contributed by atoms with Crippen LogP contribution in [0.2, 0.25) is 0 Å². The van der Waals surface area contributed by atoms with Gasteiger partial charge in [0.15, 0.2) is 0 Å². The molecule has 1 spiro atoms. The van der Waals surface area contributed by atoms with Gasteiger partial charge in [-0.15, -0.1) is 0 Å². The Labute approximate surface area is 99.4 Å². The third kappa shape index (κ3) is 1.69. The summed E-state index contributed by atoms with van der Waals surface area (Å²) >= 11 is 1.82. The molecular formula is C10H17N3O2S. The lowest BCUT2D eigenvalue weighted by molar-refractivity contribution is 0.130. The molecule has 90 valence electrons. The third-order valence-electron chi connectivity index (χ3n) is 3.21. The lowest BCUT2D eigenvalue weighted by Crippen LogP contribution is -2.51.